The first-order chi connectivity index (χ1) is 10.7. The van der Waals surface area contributed by atoms with Gasteiger partial charge in [-0.05, 0) is 45.3 Å². The summed E-state index contributed by atoms with van der Waals surface area (Å²) in [6.45, 7) is 0. The van der Waals surface area contributed by atoms with Gasteiger partial charge in [-0.2, -0.15) is 5.26 Å². The summed E-state index contributed by atoms with van der Waals surface area (Å²) in [4.78, 5) is 0. The van der Waals surface area contributed by atoms with Crippen molar-refractivity contribution in [3.63, 3.8) is 0 Å². The van der Waals surface area contributed by atoms with Crippen molar-refractivity contribution in [3.05, 3.63) is 87.0 Å². The standard InChI is InChI=1S/C18H12BrClN2/c19-18-16(11-21)15(12-4-2-1-3-5-12)10-17(22-18)13-6-8-14(20)9-7-13/h1-10,17,22H/t17-/m0/s1. The van der Waals surface area contributed by atoms with Gasteiger partial charge in [-0.3, -0.25) is 0 Å². The third kappa shape index (κ3) is 2.94. The van der Waals surface area contributed by atoms with Crippen molar-refractivity contribution in [1.29, 1.82) is 5.26 Å². The number of dihydropyridines is 1. The molecule has 1 aliphatic rings. The predicted octanol–water partition coefficient (Wildman–Crippen LogP) is 5.20. The molecule has 0 amide bonds. The third-order valence-corrected chi connectivity index (χ3v) is 4.41. The maximum absolute atomic E-state index is 9.45. The molecule has 0 aromatic heterocycles. The molecule has 1 heterocycles. The van der Waals surface area contributed by atoms with Crippen LogP contribution in [0.1, 0.15) is 17.2 Å². The lowest BCUT2D eigenvalue weighted by molar-refractivity contribution is 0.738. The van der Waals surface area contributed by atoms with Gasteiger partial charge in [0, 0.05) is 10.6 Å². The number of nitrogens with zero attached hydrogens (tertiary/aromatic N) is 1. The molecular formula is C18H12BrClN2. The smallest absolute Gasteiger partial charge is 0.103 e. The number of benzene rings is 2. The van der Waals surface area contributed by atoms with Crippen LogP contribution in [0.15, 0.2) is 70.9 Å². The molecule has 0 saturated carbocycles. The zero-order valence-corrected chi connectivity index (χ0v) is 13.9. The van der Waals surface area contributed by atoms with E-state index in [1.54, 1.807) is 0 Å². The SMILES string of the molecule is N#CC1=C(Br)N[C@H](c2ccc(Cl)cc2)C=C1c1ccccc1. The van der Waals surface area contributed by atoms with Crippen molar-refractivity contribution in [2.45, 2.75) is 6.04 Å². The van der Waals surface area contributed by atoms with Crippen LogP contribution < -0.4 is 5.32 Å². The van der Waals surface area contributed by atoms with Crippen LogP contribution in [0.4, 0.5) is 0 Å². The summed E-state index contributed by atoms with van der Waals surface area (Å²) in [6, 6.07) is 19.9. The average Bonchev–Trinajstić information content (AvgIpc) is 2.55. The number of nitrogens with one attached hydrogen (secondary N) is 1. The van der Waals surface area contributed by atoms with Gasteiger partial charge in [0.05, 0.1) is 16.2 Å². The second-order valence-corrected chi connectivity index (χ2v) is 6.15. The van der Waals surface area contributed by atoms with E-state index in [9.17, 15) is 5.26 Å². The predicted molar refractivity (Wildman–Crippen MR) is 93.3 cm³/mol. The van der Waals surface area contributed by atoms with Crippen LogP contribution in [0.2, 0.25) is 5.02 Å². The minimum absolute atomic E-state index is 0.0149. The van der Waals surface area contributed by atoms with Gasteiger partial charge in [0.1, 0.15) is 6.07 Å². The summed E-state index contributed by atoms with van der Waals surface area (Å²) in [6.07, 6.45) is 2.07. The highest BCUT2D eigenvalue weighted by Crippen LogP contribution is 2.35. The van der Waals surface area contributed by atoms with E-state index >= 15 is 0 Å². The highest BCUT2D eigenvalue weighted by Gasteiger charge is 2.22. The Kier molecular flexibility index (Phi) is 4.33. The van der Waals surface area contributed by atoms with Crippen LogP contribution in [-0.2, 0) is 0 Å². The molecule has 2 nitrogen and oxygen atoms in total. The molecular weight excluding hydrogens is 360 g/mol. The highest BCUT2D eigenvalue weighted by molar-refractivity contribution is 9.11. The molecule has 0 saturated heterocycles. The first-order valence-corrected chi connectivity index (χ1v) is 7.95. The van der Waals surface area contributed by atoms with Crippen LogP contribution in [0, 0.1) is 11.3 Å². The van der Waals surface area contributed by atoms with Crippen LogP contribution in [0.25, 0.3) is 5.57 Å². The van der Waals surface area contributed by atoms with Crippen molar-refractivity contribution in [2.75, 3.05) is 0 Å². The van der Waals surface area contributed by atoms with Crippen molar-refractivity contribution < 1.29 is 0 Å². The summed E-state index contributed by atoms with van der Waals surface area (Å²) >= 11 is 9.44. The molecule has 0 unspecified atom stereocenters. The number of hydrogen-bond donors (Lipinski definition) is 1. The Balaban J connectivity index is 2.06. The topological polar surface area (TPSA) is 35.8 Å². The molecule has 1 aliphatic heterocycles. The van der Waals surface area contributed by atoms with Crippen LogP contribution in [0.3, 0.4) is 0 Å². The highest BCUT2D eigenvalue weighted by atomic mass is 79.9. The average molecular weight is 372 g/mol. The van der Waals surface area contributed by atoms with Gasteiger partial charge in [0.15, 0.2) is 0 Å². The van der Waals surface area contributed by atoms with E-state index in [0.29, 0.717) is 15.2 Å². The summed E-state index contributed by atoms with van der Waals surface area (Å²) in [5.41, 5.74) is 3.65. The maximum Gasteiger partial charge on any atom is 0.103 e. The summed E-state index contributed by atoms with van der Waals surface area (Å²) < 4.78 is 0.705. The van der Waals surface area contributed by atoms with Gasteiger partial charge in [0.25, 0.3) is 0 Å². The van der Waals surface area contributed by atoms with E-state index in [2.05, 4.69) is 33.4 Å². The lowest BCUT2D eigenvalue weighted by atomic mass is 9.92. The quantitative estimate of drug-likeness (QED) is 0.737. The number of halogens is 2. The molecule has 3 rings (SSSR count). The second-order valence-electron chi connectivity index (χ2n) is 4.92. The fourth-order valence-corrected chi connectivity index (χ4v) is 3.11. The second kappa shape index (κ2) is 6.39. The van der Waals surface area contributed by atoms with Crippen molar-refractivity contribution >= 4 is 33.1 Å². The van der Waals surface area contributed by atoms with E-state index in [-0.39, 0.29) is 6.04 Å². The fraction of sp³-hybridized carbons (Fsp3) is 0.0556. The van der Waals surface area contributed by atoms with Gasteiger partial charge < -0.3 is 5.32 Å². The Hall–Kier alpha value is -2.02. The minimum atomic E-state index is -0.0149. The number of allylic oxidation sites excluding steroid dienone is 2. The van der Waals surface area contributed by atoms with Gasteiger partial charge in [0.2, 0.25) is 0 Å². The van der Waals surface area contributed by atoms with Gasteiger partial charge >= 0.3 is 0 Å². The summed E-state index contributed by atoms with van der Waals surface area (Å²) in [5, 5.41) is 13.5. The van der Waals surface area contributed by atoms with Gasteiger partial charge in [-0.15, -0.1) is 0 Å². The van der Waals surface area contributed by atoms with E-state index in [1.165, 1.54) is 0 Å². The Morgan fingerprint density at radius 3 is 2.36 bits per heavy atom. The number of hydrogen-bond acceptors (Lipinski definition) is 2. The molecule has 0 spiro atoms. The van der Waals surface area contributed by atoms with Gasteiger partial charge in [-0.1, -0.05) is 54.1 Å². The molecule has 1 atom stereocenters. The van der Waals surface area contributed by atoms with Crippen LogP contribution in [-0.4, -0.2) is 0 Å². The molecule has 4 heteroatoms. The number of rotatable bonds is 2. The number of nitriles is 1. The lowest BCUT2D eigenvalue weighted by Crippen LogP contribution is -2.22. The Morgan fingerprint density at radius 2 is 1.73 bits per heavy atom. The van der Waals surface area contributed by atoms with Gasteiger partial charge in [-0.25, -0.2) is 0 Å². The largest absolute Gasteiger partial charge is 0.368 e. The van der Waals surface area contributed by atoms with Crippen LogP contribution >= 0.6 is 27.5 Å². The molecule has 1 N–H and O–H groups in total. The molecule has 0 radical (unpaired) electrons. The molecule has 0 bridgehead atoms. The zero-order chi connectivity index (χ0) is 15.5. The van der Waals surface area contributed by atoms with Crippen molar-refractivity contribution in [1.82, 2.24) is 5.32 Å². The third-order valence-electron chi connectivity index (χ3n) is 3.53. The fourth-order valence-electron chi connectivity index (χ4n) is 2.44. The Morgan fingerprint density at radius 1 is 1.05 bits per heavy atom. The van der Waals surface area contributed by atoms with E-state index < -0.39 is 0 Å². The molecule has 0 fully saturated rings. The van der Waals surface area contributed by atoms with Crippen molar-refractivity contribution in [3.8, 4) is 6.07 Å². The van der Waals surface area contributed by atoms with Crippen LogP contribution in [0.5, 0.6) is 0 Å². The monoisotopic (exact) mass is 370 g/mol. The summed E-state index contributed by atoms with van der Waals surface area (Å²) in [7, 11) is 0. The lowest BCUT2D eigenvalue weighted by Gasteiger charge is -2.24. The zero-order valence-electron chi connectivity index (χ0n) is 11.6. The normalized spacial score (nSPS) is 17.5. The Bertz CT molecular complexity index is 786. The first kappa shape index (κ1) is 14.9. The van der Waals surface area contributed by atoms with Crippen molar-refractivity contribution in [2.24, 2.45) is 0 Å². The molecule has 22 heavy (non-hydrogen) atoms. The maximum atomic E-state index is 9.45. The molecule has 108 valence electrons. The molecule has 2 aromatic carbocycles. The first-order valence-electron chi connectivity index (χ1n) is 6.78. The molecule has 0 aliphatic carbocycles. The minimum Gasteiger partial charge on any atom is -0.368 e. The van der Waals surface area contributed by atoms with E-state index in [4.69, 9.17) is 11.6 Å². The van der Waals surface area contributed by atoms with E-state index in [1.807, 2.05) is 54.6 Å². The summed E-state index contributed by atoms with van der Waals surface area (Å²) in [5.74, 6) is 0. The molecule has 2 aromatic rings. The van der Waals surface area contributed by atoms with E-state index in [0.717, 1.165) is 16.7 Å². The Labute approximate surface area is 142 Å².